The topological polar surface area (TPSA) is 67.2 Å². The van der Waals surface area contributed by atoms with Crippen molar-refractivity contribution in [2.45, 2.75) is 20.8 Å². The fourth-order valence-corrected chi connectivity index (χ4v) is 3.87. The van der Waals surface area contributed by atoms with Gasteiger partial charge in [0.25, 0.3) is 11.8 Å². The normalized spacial score (nSPS) is 10.8. The molecule has 0 saturated carbocycles. The number of nitrogens with one attached hydrogen (secondary N) is 1. The van der Waals surface area contributed by atoms with E-state index in [2.05, 4.69) is 14.9 Å². The van der Waals surface area contributed by atoms with E-state index in [0.29, 0.717) is 29.9 Å². The van der Waals surface area contributed by atoms with Crippen LogP contribution in [0.1, 0.15) is 40.4 Å². The number of hydrogen-bond donors (Lipinski definition) is 1. The largest absolute Gasteiger partial charge is 0.339 e. The summed E-state index contributed by atoms with van der Waals surface area (Å²) in [7, 11) is 0. The van der Waals surface area contributed by atoms with Crippen molar-refractivity contribution in [3.63, 3.8) is 0 Å². The van der Waals surface area contributed by atoms with Gasteiger partial charge in [0.2, 0.25) is 0 Å². The number of benzene rings is 3. The first-order valence-electron chi connectivity index (χ1n) is 10.8. The number of aromatic nitrogens is 2. The molecule has 1 heterocycles. The highest BCUT2D eigenvalue weighted by Gasteiger charge is 2.15. The van der Waals surface area contributed by atoms with Crippen LogP contribution in [0.2, 0.25) is 0 Å². The van der Waals surface area contributed by atoms with Gasteiger partial charge in [-0.25, -0.2) is 4.98 Å². The van der Waals surface area contributed by atoms with E-state index in [1.54, 1.807) is 41.3 Å². The van der Waals surface area contributed by atoms with Crippen molar-refractivity contribution in [1.29, 1.82) is 0 Å². The molecule has 0 saturated heterocycles. The summed E-state index contributed by atoms with van der Waals surface area (Å²) in [4.78, 5) is 31.9. The van der Waals surface area contributed by atoms with E-state index in [0.717, 1.165) is 22.5 Å². The predicted octanol–water partition coefficient (Wildman–Crippen LogP) is 5.07. The molecule has 2 amide bonds. The molecule has 0 aliphatic heterocycles. The van der Waals surface area contributed by atoms with Crippen LogP contribution in [0.4, 0.5) is 5.69 Å². The van der Waals surface area contributed by atoms with Gasteiger partial charge < -0.3 is 10.2 Å². The van der Waals surface area contributed by atoms with Crippen molar-refractivity contribution in [3.05, 3.63) is 89.7 Å². The first-order valence-corrected chi connectivity index (χ1v) is 10.8. The highest BCUT2D eigenvalue weighted by molar-refractivity contribution is 6.06. The summed E-state index contributed by atoms with van der Waals surface area (Å²) in [6, 6.07) is 22.6. The van der Waals surface area contributed by atoms with Crippen LogP contribution in [-0.4, -0.2) is 39.4 Å². The van der Waals surface area contributed by atoms with Gasteiger partial charge in [0.15, 0.2) is 0 Å². The highest BCUT2D eigenvalue weighted by Crippen LogP contribution is 2.23. The maximum Gasteiger partial charge on any atom is 0.255 e. The molecule has 0 radical (unpaired) electrons. The number of carbonyl (C=O) groups excluding carboxylic acids is 2. The molecule has 162 valence electrons. The number of anilines is 1. The molecule has 0 unspecified atom stereocenters. The van der Waals surface area contributed by atoms with Crippen LogP contribution >= 0.6 is 0 Å². The van der Waals surface area contributed by atoms with Gasteiger partial charge in [-0.1, -0.05) is 24.3 Å². The summed E-state index contributed by atoms with van der Waals surface area (Å²) < 4.78 is 2.07. The second-order valence-corrected chi connectivity index (χ2v) is 7.55. The maximum atomic E-state index is 12.9. The van der Waals surface area contributed by atoms with Gasteiger partial charge in [-0.15, -0.1) is 0 Å². The van der Waals surface area contributed by atoms with Crippen molar-refractivity contribution in [2.24, 2.45) is 0 Å². The molecule has 0 spiro atoms. The molecular formula is C26H26N4O2. The van der Waals surface area contributed by atoms with Crippen LogP contribution in [0.15, 0.2) is 72.8 Å². The van der Waals surface area contributed by atoms with Crippen LogP contribution in [-0.2, 0) is 0 Å². The van der Waals surface area contributed by atoms with Gasteiger partial charge >= 0.3 is 0 Å². The van der Waals surface area contributed by atoms with Crippen LogP contribution in [0.25, 0.3) is 16.7 Å². The minimum Gasteiger partial charge on any atom is -0.339 e. The number of amides is 2. The molecule has 1 aromatic heterocycles. The lowest BCUT2D eigenvalue weighted by Crippen LogP contribution is -2.30. The Hall–Kier alpha value is -3.93. The Labute approximate surface area is 187 Å². The lowest BCUT2D eigenvalue weighted by atomic mass is 10.1. The zero-order valence-electron chi connectivity index (χ0n) is 18.5. The third-order valence-corrected chi connectivity index (χ3v) is 5.52. The number of fused-ring (bicyclic) bond motifs is 1. The van der Waals surface area contributed by atoms with Gasteiger partial charge in [0.1, 0.15) is 5.82 Å². The second-order valence-electron chi connectivity index (χ2n) is 7.55. The number of imidazole rings is 1. The van der Waals surface area contributed by atoms with Gasteiger partial charge in [0.05, 0.1) is 11.0 Å². The smallest absolute Gasteiger partial charge is 0.255 e. The summed E-state index contributed by atoms with van der Waals surface area (Å²) in [5, 5.41) is 2.90. The van der Waals surface area contributed by atoms with E-state index in [9.17, 15) is 9.59 Å². The molecule has 1 N–H and O–H groups in total. The average Bonchev–Trinajstić information content (AvgIpc) is 3.15. The fraction of sp³-hybridized carbons (Fsp3) is 0.192. The van der Waals surface area contributed by atoms with Gasteiger partial charge in [-0.05, 0) is 69.3 Å². The van der Waals surface area contributed by atoms with Crippen molar-refractivity contribution in [1.82, 2.24) is 14.5 Å². The molecule has 6 nitrogen and oxygen atoms in total. The Morgan fingerprint density at radius 2 is 1.66 bits per heavy atom. The number of para-hydroxylation sites is 1. The van der Waals surface area contributed by atoms with Crippen molar-refractivity contribution in [2.75, 3.05) is 18.4 Å². The predicted molar refractivity (Wildman–Crippen MR) is 127 cm³/mol. The number of rotatable bonds is 6. The Bertz CT molecular complexity index is 1270. The quantitative estimate of drug-likeness (QED) is 0.468. The van der Waals surface area contributed by atoms with E-state index in [4.69, 9.17) is 0 Å². The molecular weight excluding hydrogens is 400 g/mol. The van der Waals surface area contributed by atoms with Gasteiger partial charge in [-0.3, -0.25) is 14.2 Å². The van der Waals surface area contributed by atoms with E-state index < -0.39 is 0 Å². The third-order valence-electron chi connectivity index (χ3n) is 5.52. The van der Waals surface area contributed by atoms with E-state index >= 15 is 0 Å². The van der Waals surface area contributed by atoms with Crippen LogP contribution in [0, 0.1) is 6.92 Å². The number of aryl methyl sites for hydroxylation is 1. The van der Waals surface area contributed by atoms with E-state index in [-0.39, 0.29) is 11.8 Å². The monoisotopic (exact) mass is 426 g/mol. The Kier molecular flexibility index (Phi) is 6.03. The molecule has 32 heavy (non-hydrogen) atoms. The maximum absolute atomic E-state index is 12.9. The standard InChI is InChI=1S/C26H26N4O2/c1-4-29(5-2)26(32)20-10-9-11-21(16-20)28-25(31)19-14-15-24-23(17-19)27-18(3)30(24)22-12-7-6-8-13-22/h6-17H,4-5H2,1-3H3,(H,28,31). The Balaban J connectivity index is 1.59. The van der Waals surface area contributed by atoms with Crippen LogP contribution in [0.3, 0.4) is 0 Å². The lowest BCUT2D eigenvalue weighted by molar-refractivity contribution is 0.0772. The van der Waals surface area contributed by atoms with Crippen molar-refractivity contribution >= 4 is 28.5 Å². The molecule has 3 aromatic carbocycles. The fourth-order valence-electron chi connectivity index (χ4n) is 3.87. The molecule has 0 fully saturated rings. The first kappa shape index (κ1) is 21.3. The summed E-state index contributed by atoms with van der Waals surface area (Å²) in [5.41, 5.74) is 4.37. The Morgan fingerprint density at radius 3 is 2.38 bits per heavy atom. The molecule has 0 bridgehead atoms. The Morgan fingerprint density at radius 1 is 0.906 bits per heavy atom. The SMILES string of the molecule is CCN(CC)C(=O)c1cccc(NC(=O)c2ccc3c(c2)nc(C)n3-c2ccccc2)c1. The van der Waals surface area contributed by atoms with E-state index in [1.807, 2.05) is 57.2 Å². The van der Waals surface area contributed by atoms with E-state index in [1.165, 1.54) is 0 Å². The number of nitrogens with zero attached hydrogens (tertiary/aromatic N) is 3. The first-order chi connectivity index (χ1) is 15.5. The third kappa shape index (κ3) is 4.12. The summed E-state index contributed by atoms with van der Waals surface area (Å²) in [6.45, 7) is 7.13. The molecule has 4 rings (SSSR count). The molecule has 6 heteroatoms. The van der Waals surface area contributed by atoms with Gasteiger partial charge in [-0.2, -0.15) is 0 Å². The highest BCUT2D eigenvalue weighted by atomic mass is 16.2. The zero-order chi connectivity index (χ0) is 22.7. The lowest BCUT2D eigenvalue weighted by Gasteiger charge is -2.19. The van der Waals surface area contributed by atoms with Crippen molar-refractivity contribution in [3.8, 4) is 5.69 Å². The minimum atomic E-state index is -0.244. The molecule has 0 aliphatic carbocycles. The average molecular weight is 427 g/mol. The number of hydrogen-bond acceptors (Lipinski definition) is 3. The van der Waals surface area contributed by atoms with Gasteiger partial charge in [0, 0.05) is 35.6 Å². The van der Waals surface area contributed by atoms with Crippen molar-refractivity contribution < 1.29 is 9.59 Å². The molecule has 0 aliphatic rings. The second kappa shape index (κ2) is 9.06. The summed E-state index contributed by atoms with van der Waals surface area (Å²) in [6.07, 6.45) is 0. The molecule has 4 aromatic rings. The van der Waals surface area contributed by atoms with Crippen LogP contribution in [0.5, 0.6) is 0 Å². The summed E-state index contributed by atoms with van der Waals surface area (Å²) in [5.74, 6) is 0.562. The minimum absolute atomic E-state index is 0.0468. The van der Waals surface area contributed by atoms with Crippen LogP contribution < -0.4 is 5.32 Å². The molecule has 0 atom stereocenters. The zero-order valence-corrected chi connectivity index (χ0v) is 18.5. The summed E-state index contributed by atoms with van der Waals surface area (Å²) >= 11 is 0. The number of carbonyl (C=O) groups is 2.